The number of aromatic amines is 1. The molecule has 2 N–H and O–H groups in total. The molecule has 2 aromatic heterocycles. The number of hydrogen-bond acceptors (Lipinski definition) is 4. The Bertz CT molecular complexity index is 1330. The number of pyridine rings is 1. The van der Waals surface area contributed by atoms with Gasteiger partial charge in [-0.15, -0.1) is 0 Å². The van der Waals surface area contributed by atoms with Crippen molar-refractivity contribution in [1.82, 2.24) is 9.55 Å². The van der Waals surface area contributed by atoms with E-state index in [0.29, 0.717) is 23.0 Å². The number of anilines is 2. The molecule has 2 fully saturated rings. The third kappa shape index (κ3) is 3.60. The van der Waals surface area contributed by atoms with Crippen LogP contribution in [-0.4, -0.2) is 36.8 Å². The van der Waals surface area contributed by atoms with Crippen LogP contribution in [-0.2, 0) is 17.1 Å². The summed E-state index contributed by atoms with van der Waals surface area (Å²) in [5, 5.41) is 0.847. The molecule has 1 spiro atoms. The lowest BCUT2D eigenvalue weighted by Crippen LogP contribution is -2.60. The third-order valence-corrected chi connectivity index (χ3v) is 8.40. The van der Waals surface area contributed by atoms with Crippen LogP contribution in [0.4, 0.5) is 11.4 Å². The number of rotatable bonds is 7. The van der Waals surface area contributed by atoms with E-state index < -0.39 is 10.0 Å². The van der Waals surface area contributed by atoms with E-state index in [1.54, 1.807) is 17.8 Å². The number of nitrogens with one attached hydrogen (secondary N) is 2. The fraction of sp³-hybridized carbons (Fsp3) is 0.458. The van der Waals surface area contributed by atoms with Gasteiger partial charge in [-0.25, -0.2) is 8.42 Å². The lowest BCUT2D eigenvalue weighted by atomic mass is 9.63. The second kappa shape index (κ2) is 7.69. The highest BCUT2D eigenvalue weighted by atomic mass is 32.2. The number of sulfonamides is 1. The average Bonchev–Trinajstić information content (AvgIpc) is 3.18. The van der Waals surface area contributed by atoms with Crippen LogP contribution < -0.4 is 15.2 Å². The molecule has 7 nitrogen and oxygen atoms in total. The van der Waals surface area contributed by atoms with E-state index in [9.17, 15) is 13.2 Å². The maximum absolute atomic E-state index is 12.6. The number of nitrogens with zero attached hydrogens (tertiary/aromatic N) is 2. The molecule has 1 aliphatic carbocycles. The third-order valence-electron chi connectivity index (χ3n) is 7.03. The van der Waals surface area contributed by atoms with Gasteiger partial charge in [0.1, 0.15) is 5.52 Å². The SMILES string of the molecule is CCCCS(=O)(=O)Nc1ccc(N2CC3(CCC3)C2)c(-c2cn(C)c(=O)c3[nH]ccc23)c1. The zero-order valence-electron chi connectivity index (χ0n) is 18.6. The van der Waals surface area contributed by atoms with Gasteiger partial charge in [0.05, 0.1) is 5.75 Å². The molecule has 0 unspecified atom stereocenters. The van der Waals surface area contributed by atoms with E-state index in [1.165, 1.54) is 19.3 Å². The highest BCUT2D eigenvalue weighted by Gasteiger charge is 2.47. The summed E-state index contributed by atoms with van der Waals surface area (Å²) in [6.45, 7) is 4.04. The predicted octanol–water partition coefficient (Wildman–Crippen LogP) is 4.07. The van der Waals surface area contributed by atoms with E-state index >= 15 is 0 Å². The van der Waals surface area contributed by atoms with Crippen molar-refractivity contribution in [2.75, 3.05) is 28.5 Å². The lowest BCUT2D eigenvalue weighted by Gasteiger charge is -2.57. The molecule has 0 amide bonds. The number of hydrogen-bond donors (Lipinski definition) is 2. The van der Waals surface area contributed by atoms with E-state index in [-0.39, 0.29) is 11.3 Å². The first kappa shape index (κ1) is 21.1. The van der Waals surface area contributed by atoms with Gasteiger partial charge in [-0.2, -0.15) is 0 Å². The van der Waals surface area contributed by atoms with Gasteiger partial charge < -0.3 is 14.5 Å². The van der Waals surface area contributed by atoms with Gasteiger partial charge in [0.25, 0.3) is 5.56 Å². The summed E-state index contributed by atoms with van der Waals surface area (Å²) in [7, 11) is -1.66. The van der Waals surface area contributed by atoms with Crippen molar-refractivity contribution in [2.45, 2.75) is 39.0 Å². The summed E-state index contributed by atoms with van der Waals surface area (Å²) in [5.74, 6) is 0.108. The molecule has 0 bridgehead atoms. The zero-order valence-corrected chi connectivity index (χ0v) is 19.5. The van der Waals surface area contributed by atoms with Crippen molar-refractivity contribution in [1.29, 1.82) is 0 Å². The fourth-order valence-corrected chi connectivity index (χ4v) is 6.32. The monoisotopic (exact) mass is 454 g/mol. The molecule has 5 rings (SSSR count). The Labute approximate surface area is 188 Å². The van der Waals surface area contributed by atoms with E-state index in [0.717, 1.165) is 41.7 Å². The standard InChI is InChI=1S/C24H30N4O3S/c1-3-4-12-32(30,31)26-17-6-7-21(28-15-24(16-28)9-5-10-24)19(13-17)20-14-27(2)23(29)22-18(20)8-11-25-22/h6-8,11,13-14,25-26H,3-5,9-10,12,15-16H2,1-2H3. The molecular formula is C24H30N4O3S. The van der Waals surface area contributed by atoms with Gasteiger partial charge in [0.2, 0.25) is 10.0 Å². The summed E-state index contributed by atoms with van der Waals surface area (Å²) < 4.78 is 29.4. The first-order chi connectivity index (χ1) is 15.3. The predicted molar refractivity (Wildman–Crippen MR) is 130 cm³/mol. The minimum Gasteiger partial charge on any atom is -0.370 e. The van der Waals surface area contributed by atoms with E-state index in [1.807, 2.05) is 37.4 Å². The van der Waals surface area contributed by atoms with Gasteiger partial charge >= 0.3 is 0 Å². The number of aromatic nitrogens is 2. The quantitative estimate of drug-likeness (QED) is 0.563. The van der Waals surface area contributed by atoms with Gasteiger partial charge in [-0.3, -0.25) is 9.52 Å². The highest BCUT2D eigenvalue weighted by Crippen LogP contribution is 2.51. The molecule has 1 saturated carbocycles. The van der Waals surface area contributed by atoms with Gasteiger partial charge in [-0.05, 0) is 43.5 Å². The van der Waals surface area contributed by atoms with Crippen LogP contribution in [0.2, 0.25) is 0 Å². The van der Waals surface area contributed by atoms with Crippen molar-refractivity contribution in [3.8, 4) is 11.1 Å². The van der Waals surface area contributed by atoms with Crippen molar-refractivity contribution in [3.63, 3.8) is 0 Å². The molecular weight excluding hydrogens is 424 g/mol. The molecule has 1 aromatic carbocycles. The minimum absolute atomic E-state index is 0.0795. The van der Waals surface area contributed by atoms with Crippen LogP contribution in [0.5, 0.6) is 0 Å². The molecule has 8 heteroatoms. The summed E-state index contributed by atoms with van der Waals surface area (Å²) in [4.78, 5) is 18.0. The topological polar surface area (TPSA) is 87.2 Å². The first-order valence-electron chi connectivity index (χ1n) is 11.4. The Morgan fingerprint density at radius 3 is 2.62 bits per heavy atom. The van der Waals surface area contributed by atoms with E-state index in [4.69, 9.17) is 0 Å². The normalized spacial score (nSPS) is 17.4. The Kier molecular flexibility index (Phi) is 5.08. The van der Waals surface area contributed by atoms with E-state index in [2.05, 4.69) is 14.6 Å². The first-order valence-corrected chi connectivity index (χ1v) is 13.0. The van der Waals surface area contributed by atoms with Gasteiger partial charge in [0, 0.05) is 65.8 Å². The van der Waals surface area contributed by atoms with Crippen molar-refractivity contribution < 1.29 is 8.42 Å². The second-order valence-electron chi connectivity index (χ2n) is 9.44. The number of fused-ring (bicyclic) bond motifs is 1. The van der Waals surface area contributed by atoms with Crippen LogP contribution in [0.15, 0.2) is 41.5 Å². The highest BCUT2D eigenvalue weighted by molar-refractivity contribution is 7.92. The van der Waals surface area contributed by atoms with Crippen LogP contribution in [0.25, 0.3) is 22.0 Å². The summed E-state index contributed by atoms with van der Waals surface area (Å²) in [5.41, 5.74) is 4.44. The van der Waals surface area contributed by atoms with Crippen molar-refractivity contribution in [3.05, 3.63) is 47.0 Å². The lowest BCUT2D eigenvalue weighted by molar-refractivity contribution is 0.0905. The zero-order chi connectivity index (χ0) is 22.5. The Morgan fingerprint density at radius 1 is 1.16 bits per heavy atom. The molecule has 170 valence electrons. The summed E-state index contributed by atoms with van der Waals surface area (Å²) in [6, 6.07) is 7.70. The summed E-state index contributed by atoms with van der Waals surface area (Å²) in [6.07, 6.45) is 8.97. The smallest absolute Gasteiger partial charge is 0.274 e. The minimum atomic E-state index is -3.41. The molecule has 32 heavy (non-hydrogen) atoms. The van der Waals surface area contributed by atoms with Crippen molar-refractivity contribution >= 4 is 32.3 Å². The molecule has 1 saturated heterocycles. The maximum Gasteiger partial charge on any atom is 0.274 e. The Balaban J connectivity index is 1.59. The van der Waals surface area contributed by atoms with Crippen molar-refractivity contribution in [2.24, 2.45) is 12.5 Å². The molecule has 3 aromatic rings. The average molecular weight is 455 g/mol. The number of benzene rings is 1. The number of aryl methyl sites for hydroxylation is 1. The second-order valence-corrected chi connectivity index (χ2v) is 11.3. The molecule has 0 radical (unpaired) electrons. The van der Waals surface area contributed by atoms with Gasteiger partial charge in [0.15, 0.2) is 0 Å². The molecule has 1 aliphatic heterocycles. The largest absolute Gasteiger partial charge is 0.370 e. The number of H-pyrrole nitrogens is 1. The summed E-state index contributed by atoms with van der Waals surface area (Å²) >= 11 is 0. The van der Waals surface area contributed by atoms with Gasteiger partial charge in [-0.1, -0.05) is 19.8 Å². The van der Waals surface area contributed by atoms with Crippen LogP contribution in [0.3, 0.4) is 0 Å². The molecule has 0 atom stereocenters. The Morgan fingerprint density at radius 2 is 1.94 bits per heavy atom. The van der Waals surface area contributed by atoms with Crippen LogP contribution in [0, 0.1) is 5.41 Å². The maximum atomic E-state index is 12.6. The number of unbranched alkanes of at least 4 members (excludes halogenated alkanes) is 1. The molecule has 2 aliphatic rings. The molecule has 3 heterocycles. The van der Waals surface area contributed by atoms with Crippen LogP contribution in [0.1, 0.15) is 39.0 Å². The Hall–Kier alpha value is -2.74. The van der Waals surface area contributed by atoms with Crippen LogP contribution >= 0.6 is 0 Å². The fourth-order valence-electron chi connectivity index (χ4n) is 5.07.